The molecule has 0 saturated carbocycles. The van der Waals surface area contributed by atoms with Crippen molar-refractivity contribution in [3.63, 3.8) is 0 Å². The van der Waals surface area contributed by atoms with Crippen LogP contribution in [0.3, 0.4) is 0 Å². The zero-order valence-corrected chi connectivity index (χ0v) is 16.8. The summed E-state index contributed by atoms with van der Waals surface area (Å²) in [6.07, 6.45) is 0. The second-order valence-corrected chi connectivity index (χ2v) is 10.0. The van der Waals surface area contributed by atoms with E-state index in [1.807, 2.05) is 6.92 Å². The smallest absolute Gasteiger partial charge is 0.408 e. The van der Waals surface area contributed by atoms with Crippen molar-refractivity contribution < 1.29 is 17.6 Å². The fraction of sp³-hybridized carbons (Fsp3) is 0.333. The summed E-state index contributed by atoms with van der Waals surface area (Å²) in [6, 6.07) is 10.3. The van der Waals surface area contributed by atoms with Crippen LogP contribution in [0, 0.1) is 6.92 Å². The Morgan fingerprint density at radius 3 is 2.50 bits per heavy atom. The van der Waals surface area contributed by atoms with Gasteiger partial charge in [0.2, 0.25) is 5.91 Å². The number of nitrogens with zero attached hydrogens (tertiary/aromatic N) is 3. The zero-order chi connectivity index (χ0) is 19.9. The predicted octanol–water partition coefficient (Wildman–Crippen LogP) is 1.50. The van der Waals surface area contributed by atoms with Crippen LogP contribution in [0.25, 0.3) is 11.1 Å². The van der Waals surface area contributed by atoms with Crippen LogP contribution < -0.4 is 5.76 Å². The van der Waals surface area contributed by atoms with E-state index in [2.05, 4.69) is 0 Å². The lowest BCUT2D eigenvalue weighted by Gasteiger charge is -2.33. The van der Waals surface area contributed by atoms with Crippen molar-refractivity contribution in [2.45, 2.75) is 17.7 Å². The Morgan fingerprint density at radius 1 is 1.11 bits per heavy atom. The SMILES string of the molecule is Cc1ccc(S(=O)(=O)N2CCN(C(=O)Cn3c(=O)oc4ccccc43)CC2)s1. The van der Waals surface area contributed by atoms with Gasteiger partial charge >= 0.3 is 5.76 Å². The first-order valence-corrected chi connectivity index (χ1v) is 11.0. The van der Waals surface area contributed by atoms with Gasteiger partial charge in [0.1, 0.15) is 10.8 Å². The lowest BCUT2D eigenvalue weighted by atomic mass is 10.3. The highest BCUT2D eigenvalue weighted by Crippen LogP contribution is 2.25. The fourth-order valence-corrected chi connectivity index (χ4v) is 6.11. The van der Waals surface area contributed by atoms with Gasteiger partial charge in [0.25, 0.3) is 10.0 Å². The van der Waals surface area contributed by atoms with Gasteiger partial charge in [-0.3, -0.25) is 9.36 Å². The molecule has 1 aliphatic rings. The summed E-state index contributed by atoms with van der Waals surface area (Å²) in [4.78, 5) is 27.2. The number of carbonyl (C=O) groups excluding carboxylic acids is 1. The largest absolute Gasteiger partial charge is 0.420 e. The number of sulfonamides is 1. The number of para-hydroxylation sites is 2. The Hall–Kier alpha value is -2.43. The van der Waals surface area contributed by atoms with Gasteiger partial charge in [0, 0.05) is 31.1 Å². The van der Waals surface area contributed by atoms with E-state index in [1.165, 1.54) is 20.2 Å². The molecule has 1 saturated heterocycles. The fourth-order valence-electron chi connectivity index (χ4n) is 3.25. The highest BCUT2D eigenvalue weighted by atomic mass is 32.2. The number of rotatable bonds is 4. The third kappa shape index (κ3) is 3.38. The number of thiophene rings is 1. The van der Waals surface area contributed by atoms with Gasteiger partial charge in [0.05, 0.1) is 5.52 Å². The number of amides is 1. The minimum Gasteiger partial charge on any atom is -0.408 e. The molecule has 2 aromatic heterocycles. The van der Waals surface area contributed by atoms with E-state index in [9.17, 15) is 18.0 Å². The molecule has 3 heterocycles. The van der Waals surface area contributed by atoms with Crippen molar-refractivity contribution in [1.82, 2.24) is 13.8 Å². The first-order chi connectivity index (χ1) is 13.4. The van der Waals surface area contributed by atoms with E-state index >= 15 is 0 Å². The first-order valence-electron chi connectivity index (χ1n) is 8.79. The van der Waals surface area contributed by atoms with Crippen molar-refractivity contribution in [1.29, 1.82) is 0 Å². The lowest BCUT2D eigenvalue weighted by molar-refractivity contribution is -0.133. The average Bonchev–Trinajstić information content (AvgIpc) is 3.26. The Kier molecular flexibility index (Phi) is 4.86. The number of aryl methyl sites for hydroxylation is 1. The van der Waals surface area contributed by atoms with Crippen molar-refractivity contribution in [3.05, 3.63) is 51.8 Å². The van der Waals surface area contributed by atoms with E-state index in [4.69, 9.17) is 4.42 Å². The average molecular weight is 422 g/mol. The summed E-state index contributed by atoms with van der Waals surface area (Å²) in [5, 5.41) is 0. The Bertz CT molecular complexity index is 1180. The zero-order valence-electron chi connectivity index (χ0n) is 15.2. The molecule has 1 fully saturated rings. The molecule has 8 nitrogen and oxygen atoms in total. The lowest BCUT2D eigenvalue weighted by Crippen LogP contribution is -2.51. The van der Waals surface area contributed by atoms with Crippen molar-refractivity contribution >= 4 is 38.4 Å². The normalized spacial score (nSPS) is 16.0. The molecule has 28 heavy (non-hydrogen) atoms. The predicted molar refractivity (Wildman–Crippen MR) is 105 cm³/mol. The van der Waals surface area contributed by atoms with Crippen molar-refractivity contribution in [2.75, 3.05) is 26.2 Å². The molecule has 1 aromatic carbocycles. The number of fused-ring (bicyclic) bond motifs is 1. The summed E-state index contributed by atoms with van der Waals surface area (Å²) < 4.78 is 33.6. The summed E-state index contributed by atoms with van der Waals surface area (Å²) in [6.45, 7) is 2.76. The molecule has 1 amide bonds. The molecule has 0 unspecified atom stereocenters. The standard InChI is InChI=1S/C18H19N3O5S2/c1-13-6-7-17(27-13)28(24,25)20-10-8-19(9-11-20)16(22)12-21-14-4-2-3-5-15(14)26-18(21)23/h2-7H,8-12H2,1H3. The van der Waals surface area contributed by atoms with Crippen LogP contribution in [0.15, 0.2) is 49.8 Å². The second-order valence-electron chi connectivity index (χ2n) is 6.57. The van der Waals surface area contributed by atoms with Crippen LogP contribution in [0.2, 0.25) is 0 Å². The number of carbonyl (C=O) groups is 1. The molecule has 0 aliphatic carbocycles. The van der Waals surface area contributed by atoms with E-state index in [0.717, 1.165) is 4.88 Å². The molecule has 10 heteroatoms. The van der Waals surface area contributed by atoms with Gasteiger partial charge in [-0.05, 0) is 31.2 Å². The summed E-state index contributed by atoms with van der Waals surface area (Å²) >= 11 is 1.24. The highest BCUT2D eigenvalue weighted by Gasteiger charge is 2.31. The van der Waals surface area contributed by atoms with Crippen LogP contribution in [0.4, 0.5) is 0 Å². The number of piperazine rings is 1. The molecule has 4 rings (SSSR count). The first kappa shape index (κ1) is 18.9. The summed E-state index contributed by atoms with van der Waals surface area (Å²) in [5.41, 5.74) is 0.998. The van der Waals surface area contributed by atoms with Crippen LogP contribution in [-0.2, 0) is 21.4 Å². The monoisotopic (exact) mass is 421 g/mol. The third-order valence-corrected chi connectivity index (χ3v) is 8.14. The van der Waals surface area contributed by atoms with E-state index < -0.39 is 15.8 Å². The number of benzene rings is 1. The second kappa shape index (κ2) is 7.19. The van der Waals surface area contributed by atoms with Crippen LogP contribution in [0.5, 0.6) is 0 Å². The number of hydrogen-bond acceptors (Lipinski definition) is 6. The van der Waals surface area contributed by atoms with Gasteiger partial charge in [-0.1, -0.05) is 12.1 Å². The molecule has 0 radical (unpaired) electrons. The Balaban J connectivity index is 1.44. The van der Waals surface area contributed by atoms with Crippen molar-refractivity contribution in [2.24, 2.45) is 0 Å². The van der Waals surface area contributed by atoms with Gasteiger partial charge in [-0.15, -0.1) is 11.3 Å². The molecule has 0 spiro atoms. The summed E-state index contributed by atoms with van der Waals surface area (Å²) in [5.74, 6) is -0.818. The minimum atomic E-state index is -3.53. The minimum absolute atomic E-state index is 0.132. The molecular formula is C18H19N3O5S2. The number of oxazole rings is 1. The van der Waals surface area contributed by atoms with Crippen molar-refractivity contribution in [3.8, 4) is 0 Å². The van der Waals surface area contributed by atoms with Crippen LogP contribution in [-0.4, -0.2) is 54.3 Å². The number of hydrogen-bond donors (Lipinski definition) is 0. The Labute approximate surface area is 165 Å². The Morgan fingerprint density at radius 2 is 1.82 bits per heavy atom. The van der Waals surface area contributed by atoms with E-state index in [1.54, 1.807) is 41.3 Å². The third-order valence-electron chi connectivity index (χ3n) is 4.77. The highest BCUT2D eigenvalue weighted by molar-refractivity contribution is 7.91. The molecule has 1 aliphatic heterocycles. The van der Waals surface area contributed by atoms with Crippen LogP contribution in [0.1, 0.15) is 4.88 Å². The van der Waals surface area contributed by atoms with E-state index in [0.29, 0.717) is 15.3 Å². The van der Waals surface area contributed by atoms with Gasteiger partial charge in [-0.25, -0.2) is 13.2 Å². The molecule has 0 N–H and O–H groups in total. The summed E-state index contributed by atoms with van der Waals surface area (Å²) in [7, 11) is -3.53. The molecule has 3 aromatic rings. The topological polar surface area (TPSA) is 92.8 Å². The molecule has 0 bridgehead atoms. The van der Waals surface area contributed by atoms with Crippen LogP contribution >= 0.6 is 11.3 Å². The molecule has 0 atom stereocenters. The number of aromatic nitrogens is 1. The van der Waals surface area contributed by atoms with Gasteiger partial charge in [0.15, 0.2) is 5.58 Å². The van der Waals surface area contributed by atoms with E-state index in [-0.39, 0.29) is 38.6 Å². The van der Waals surface area contributed by atoms with Gasteiger partial charge in [-0.2, -0.15) is 4.31 Å². The molecule has 148 valence electrons. The maximum Gasteiger partial charge on any atom is 0.420 e. The maximum atomic E-state index is 12.7. The quantitative estimate of drug-likeness (QED) is 0.637. The molecular weight excluding hydrogens is 402 g/mol. The maximum absolute atomic E-state index is 12.7. The van der Waals surface area contributed by atoms with Gasteiger partial charge < -0.3 is 9.32 Å².